The Kier molecular flexibility index (Phi) is 5.67. The molecule has 0 saturated carbocycles. The Labute approximate surface area is 157 Å². The highest BCUT2D eigenvalue weighted by atomic mass is 16.2. The first-order chi connectivity index (χ1) is 12.3. The number of hydrogen-bond donors (Lipinski definition) is 0. The van der Waals surface area contributed by atoms with Crippen molar-refractivity contribution in [2.24, 2.45) is 12.5 Å². The minimum Gasteiger partial charge on any atom is -0.342 e. The van der Waals surface area contributed by atoms with Crippen LogP contribution in [0.2, 0.25) is 0 Å². The number of amides is 1. The number of hydrogen-bond acceptors (Lipinski definition) is 5. The van der Waals surface area contributed by atoms with Crippen LogP contribution in [-0.4, -0.2) is 81.7 Å². The molecule has 7 nitrogen and oxygen atoms in total. The molecular weight excluding hydrogens is 328 g/mol. The number of piperazine rings is 1. The number of aromatic nitrogens is 3. The fourth-order valence-corrected chi connectivity index (χ4v) is 3.89. The van der Waals surface area contributed by atoms with E-state index in [2.05, 4.69) is 38.7 Å². The summed E-state index contributed by atoms with van der Waals surface area (Å²) in [5.74, 6) is 2.79. The lowest BCUT2D eigenvalue weighted by atomic mass is 9.90. The van der Waals surface area contributed by atoms with Crippen LogP contribution in [0.15, 0.2) is 0 Å². The normalized spacial score (nSPS) is 21.3. The molecule has 0 atom stereocenters. The topological polar surface area (TPSA) is 57.5 Å². The molecule has 0 aromatic carbocycles. The van der Waals surface area contributed by atoms with E-state index < -0.39 is 0 Å². The quantitative estimate of drug-likeness (QED) is 0.812. The van der Waals surface area contributed by atoms with Gasteiger partial charge >= 0.3 is 0 Å². The zero-order valence-corrected chi connectivity index (χ0v) is 17.0. The van der Waals surface area contributed by atoms with Gasteiger partial charge in [-0.25, -0.2) is 0 Å². The fourth-order valence-electron chi connectivity index (χ4n) is 3.89. The third kappa shape index (κ3) is 4.26. The summed E-state index contributed by atoms with van der Waals surface area (Å²) in [5, 5.41) is 8.99. The number of piperidine rings is 1. The van der Waals surface area contributed by atoms with Gasteiger partial charge in [0.15, 0.2) is 0 Å². The summed E-state index contributed by atoms with van der Waals surface area (Å²) >= 11 is 0. The van der Waals surface area contributed by atoms with Crippen LogP contribution in [0.4, 0.5) is 0 Å². The lowest BCUT2D eigenvalue weighted by Gasteiger charge is -2.35. The summed E-state index contributed by atoms with van der Waals surface area (Å²) in [7, 11) is 4.27. The summed E-state index contributed by atoms with van der Waals surface area (Å²) in [5.41, 5.74) is -0.298. The Morgan fingerprint density at radius 1 is 1.00 bits per heavy atom. The van der Waals surface area contributed by atoms with E-state index in [4.69, 9.17) is 0 Å². The zero-order chi connectivity index (χ0) is 18.9. The van der Waals surface area contributed by atoms with Gasteiger partial charge in [-0.15, -0.1) is 10.2 Å². The van der Waals surface area contributed by atoms with Crippen LogP contribution in [0.1, 0.15) is 51.2 Å². The van der Waals surface area contributed by atoms with Gasteiger partial charge in [-0.2, -0.15) is 0 Å². The van der Waals surface area contributed by atoms with Crippen LogP contribution in [0.5, 0.6) is 0 Å². The molecule has 0 N–H and O–H groups in total. The SMILES string of the molecule is CN1CCN(Cc2nnc(C3CCN(C(=O)C(C)(C)C)CC3)n2C)CC1. The van der Waals surface area contributed by atoms with E-state index in [1.54, 1.807) is 0 Å². The second-order valence-electron chi connectivity index (χ2n) is 8.93. The van der Waals surface area contributed by atoms with Crippen molar-refractivity contribution in [3.63, 3.8) is 0 Å². The highest BCUT2D eigenvalue weighted by Gasteiger charge is 2.32. The van der Waals surface area contributed by atoms with E-state index in [0.29, 0.717) is 5.92 Å². The lowest BCUT2D eigenvalue weighted by molar-refractivity contribution is -0.140. The Hall–Kier alpha value is -1.47. The molecule has 26 heavy (non-hydrogen) atoms. The summed E-state index contributed by atoms with van der Waals surface area (Å²) in [4.78, 5) is 19.3. The Balaban J connectivity index is 1.58. The van der Waals surface area contributed by atoms with E-state index >= 15 is 0 Å². The number of carbonyl (C=O) groups excluding carboxylic acids is 1. The maximum absolute atomic E-state index is 12.5. The van der Waals surface area contributed by atoms with Crippen molar-refractivity contribution >= 4 is 5.91 Å². The largest absolute Gasteiger partial charge is 0.342 e. The number of likely N-dealkylation sites (N-methyl/N-ethyl adjacent to an activating group) is 1. The van der Waals surface area contributed by atoms with Crippen molar-refractivity contribution in [1.82, 2.24) is 29.5 Å². The highest BCUT2D eigenvalue weighted by molar-refractivity contribution is 5.81. The van der Waals surface area contributed by atoms with Gasteiger partial charge in [0.1, 0.15) is 11.6 Å². The smallest absolute Gasteiger partial charge is 0.227 e. The summed E-state index contributed by atoms with van der Waals surface area (Å²) < 4.78 is 2.18. The summed E-state index contributed by atoms with van der Waals surface area (Å²) in [6.45, 7) is 12.9. The Bertz CT molecular complexity index is 618. The van der Waals surface area contributed by atoms with E-state index in [1.807, 2.05) is 25.7 Å². The molecular formula is C19H34N6O. The minimum absolute atomic E-state index is 0.254. The van der Waals surface area contributed by atoms with E-state index in [-0.39, 0.29) is 11.3 Å². The lowest BCUT2D eigenvalue weighted by Crippen LogP contribution is -2.44. The number of rotatable bonds is 3. The van der Waals surface area contributed by atoms with Gasteiger partial charge in [-0.1, -0.05) is 20.8 Å². The molecule has 0 spiro atoms. The van der Waals surface area contributed by atoms with Gasteiger partial charge < -0.3 is 14.4 Å². The standard InChI is InChI=1S/C19H34N6O/c1-19(2,3)18(26)25-8-6-15(7-9-25)17-21-20-16(23(17)5)14-24-12-10-22(4)11-13-24/h15H,6-14H2,1-5H3. The number of carbonyl (C=O) groups is 1. The first kappa shape index (κ1) is 19.3. The van der Waals surface area contributed by atoms with Crippen LogP contribution in [-0.2, 0) is 18.4 Å². The van der Waals surface area contributed by atoms with Crippen LogP contribution in [0, 0.1) is 5.41 Å². The van der Waals surface area contributed by atoms with Crippen LogP contribution < -0.4 is 0 Å². The molecule has 1 amide bonds. The van der Waals surface area contributed by atoms with E-state index in [0.717, 1.165) is 70.3 Å². The molecule has 146 valence electrons. The van der Waals surface area contributed by atoms with Crippen LogP contribution in [0.3, 0.4) is 0 Å². The van der Waals surface area contributed by atoms with Gasteiger partial charge in [-0.05, 0) is 19.9 Å². The third-order valence-corrected chi connectivity index (χ3v) is 5.75. The highest BCUT2D eigenvalue weighted by Crippen LogP contribution is 2.29. The van der Waals surface area contributed by atoms with Crippen LogP contribution in [0.25, 0.3) is 0 Å². The maximum Gasteiger partial charge on any atom is 0.227 e. The molecule has 2 aliphatic rings. The maximum atomic E-state index is 12.5. The van der Waals surface area contributed by atoms with E-state index in [9.17, 15) is 4.79 Å². The van der Waals surface area contributed by atoms with Gasteiger partial charge in [0.05, 0.1) is 6.54 Å². The average Bonchev–Trinajstić information content (AvgIpc) is 2.96. The molecule has 2 aliphatic heterocycles. The minimum atomic E-state index is -0.298. The Morgan fingerprint density at radius 3 is 2.19 bits per heavy atom. The molecule has 2 saturated heterocycles. The predicted octanol–water partition coefficient (Wildman–Crippen LogP) is 1.31. The Morgan fingerprint density at radius 2 is 1.62 bits per heavy atom. The molecule has 2 fully saturated rings. The molecule has 1 aromatic rings. The van der Waals surface area contributed by atoms with Crippen molar-refractivity contribution in [3.8, 4) is 0 Å². The average molecular weight is 363 g/mol. The molecule has 3 rings (SSSR count). The first-order valence-corrected chi connectivity index (χ1v) is 9.84. The first-order valence-electron chi connectivity index (χ1n) is 9.84. The van der Waals surface area contributed by atoms with Crippen molar-refractivity contribution in [1.29, 1.82) is 0 Å². The van der Waals surface area contributed by atoms with Crippen molar-refractivity contribution in [2.45, 2.75) is 46.1 Å². The molecule has 1 aromatic heterocycles. The second-order valence-corrected chi connectivity index (χ2v) is 8.93. The molecule has 0 bridgehead atoms. The molecule has 0 radical (unpaired) electrons. The second kappa shape index (κ2) is 7.64. The van der Waals surface area contributed by atoms with Crippen molar-refractivity contribution < 1.29 is 4.79 Å². The monoisotopic (exact) mass is 362 g/mol. The zero-order valence-electron chi connectivity index (χ0n) is 17.0. The van der Waals surface area contributed by atoms with Gasteiger partial charge in [0.2, 0.25) is 5.91 Å². The van der Waals surface area contributed by atoms with Gasteiger partial charge in [-0.3, -0.25) is 9.69 Å². The molecule has 0 unspecified atom stereocenters. The molecule has 0 aliphatic carbocycles. The van der Waals surface area contributed by atoms with Crippen molar-refractivity contribution in [2.75, 3.05) is 46.3 Å². The van der Waals surface area contributed by atoms with E-state index in [1.165, 1.54) is 0 Å². The number of likely N-dealkylation sites (tertiary alicyclic amines) is 1. The third-order valence-electron chi connectivity index (χ3n) is 5.75. The van der Waals surface area contributed by atoms with Crippen molar-refractivity contribution in [3.05, 3.63) is 11.6 Å². The number of nitrogens with zero attached hydrogens (tertiary/aromatic N) is 6. The molecule has 3 heterocycles. The molecule has 7 heteroatoms. The fraction of sp³-hybridized carbons (Fsp3) is 0.842. The summed E-state index contributed by atoms with van der Waals surface area (Å²) in [6, 6.07) is 0. The van der Waals surface area contributed by atoms with Gasteiger partial charge in [0, 0.05) is 57.6 Å². The summed E-state index contributed by atoms with van der Waals surface area (Å²) in [6.07, 6.45) is 1.95. The predicted molar refractivity (Wildman–Crippen MR) is 102 cm³/mol. The van der Waals surface area contributed by atoms with Gasteiger partial charge in [0.25, 0.3) is 0 Å². The van der Waals surface area contributed by atoms with Crippen LogP contribution >= 0.6 is 0 Å².